The molecular formula is C21H30N4O2S. The maximum absolute atomic E-state index is 12.8. The van der Waals surface area contributed by atoms with Crippen molar-refractivity contribution in [1.82, 2.24) is 15.1 Å². The zero-order valence-electron chi connectivity index (χ0n) is 17.2. The van der Waals surface area contributed by atoms with Gasteiger partial charge in [0.2, 0.25) is 5.91 Å². The van der Waals surface area contributed by atoms with Crippen molar-refractivity contribution in [3.63, 3.8) is 0 Å². The highest BCUT2D eigenvalue weighted by molar-refractivity contribution is 7.80. The third-order valence-electron chi connectivity index (χ3n) is 5.62. The number of benzene rings is 1. The monoisotopic (exact) mass is 402 g/mol. The maximum Gasteiger partial charge on any atom is 0.242 e. The zero-order chi connectivity index (χ0) is 20.5. The average Bonchev–Trinajstić information content (AvgIpc) is 2.64. The first kappa shape index (κ1) is 20.6. The van der Waals surface area contributed by atoms with E-state index in [0.717, 1.165) is 30.8 Å². The Morgan fingerprint density at radius 2 is 1.75 bits per heavy atom. The van der Waals surface area contributed by atoms with Gasteiger partial charge in [0.15, 0.2) is 10.9 Å². The number of piperazine rings is 1. The summed E-state index contributed by atoms with van der Waals surface area (Å²) in [6, 6.07) is 7.93. The van der Waals surface area contributed by atoms with E-state index in [0.29, 0.717) is 24.7 Å². The Morgan fingerprint density at radius 1 is 1.14 bits per heavy atom. The van der Waals surface area contributed by atoms with Gasteiger partial charge in [-0.2, -0.15) is 0 Å². The SMILES string of the molecule is CC(=O)c1ccc(N2CCN(C(=O)CN3C(=S)NC(C)(C)C[C@H]3C)CC2)cc1. The summed E-state index contributed by atoms with van der Waals surface area (Å²) in [6.45, 7) is 11.3. The number of ketones is 1. The van der Waals surface area contributed by atoms with Crippen LogP contribution in [-0.2, 0) is 4.79 Å². The molecule has 2 fully saturated rings. The lowest BCUT2D eigenvalue weighted by Gasteiger charge is -2.45. The summed E-state index contributed by atoms with van der Waals surface area (Å²) >= 11 is 5.50. The Morgan fingerprint density at radius 3 is 2.29 bits per heavy atom. The van der Waals surface area contributed by atoms with Crippen molar-refractivity contribution in [3.8, 4) is 0 Å². The molecular weight excluding hydrogens is 372 g/mol. The Bertz CT molecular complexity index is 754. The molecule has 2 aliphatic rings. The van der Waals surface area contributed by atoms with Crippen LogP contribution in [0.2, 0.25) is 0 Å². The fraction of sp³-hybridized carbons (Fsp3) is 0.571. The minimum absolute atomic E-state index is 0.0282. The lowest BCUT2D eigenvalue weighted by molar-refractivity contribution is -0.132. The number of carbonyl (C=O) groups excluding carboxylic acids is 2. The van der Waals surface area contributed by atoms with Crippen LogP contribution in [0.4, 0.5) is 5.69 Å². The van der Waals surface area contributed by atoms with Crippen molar-refractivity contribution in [2.75, 3.05) is 37.6 Å². The average molecular weight is 403 g/mol. The van der Waals surface area contributed by atoms with Gasteiger partial charge in [-0.3, -0.25) is 9.59 Å². The summed E-state index contributed by atoms with van der Waals surface area (Å²) in [4.78, 5) is 30.4. The molecule has 6 nitrogen and oxygen atoms in total. The van der Waals surface area contributed by atoms with Crippen molar-refractivity contribution in [2.24, 2.45) is 0 Å². The van der Waals surface area contributed by atoms with E-state index in [1.54, 1.807) is 6.92 Å². The van der Waals surface area contributed by atoms with Gasteiger partial charge in [0, 0.05) is 49.0 Å². The number of Topliss-reactive ketones (excluding diaryl/α,β-unsaturated/α-hetero) is 1. The fourth-order valence-corrected chi connectivity index (χ4v) is 4.58. The molecule has 1 aromatic rings. The molecule has 7 heteroatoms. The predicted molar refractivity (Wildman–Crippen MR) is 116 cm³/mol. The Kier molecular flexibility index (Phi) is 5.93. The van der Waals surface area contributed by atoms with E-state index in [4.69, 9.17) is 12.2 Å². The fourth-order valence-electron chi connectivity index (χ4n) is 4.06. The number of nitrogens with zero attached hydrogens (tertiary/aromatic N) is 3. The molecule has 152 valence electrons. The lowest BCUT2D eigenvalue weighted by Crippen LogP contribution is -2.62. The second kappa shape index (κ2) is 8.07. The summed E-state index contributed by atoms with van der Waals surface area (Å²) < 4.78 is 0. The third-order valence-corrected chi connectivity index (χ3v) is 5.96. The van der Waals surface area contributed by atoms with Gasteiger partial charge in [-0.05, 0) is 70.6 Å². The smallest absolute Gasteiger partial charge is 0.242 e. The first-order valence-corrected chi connectivity index (χ1v) is 10.3. The molecule has 1 atom stereocenters. The first-order valence-electron chi connectivity index (χ1n) is 9.89. The number of carbonyl (C=O) groups is 2. The van der Waals surface area contributed by atoms with Gasteiger partial charge >= 0.3 is 0 Å². The molecule has 0 spiro atoms. The number of hydrogen-bond donors (Lipinski definition) is 1. The summed E-state index contributed by atoms with van der Waals surface area (Å²) in [7, 11) is 0. The van der Waals surface area contributed by atoms with Gasteiger partial charge in [-0.1, -0.05) is 0 Å². The van der Waals surface area contributed by atoms with Crippen LogP contribution < -0.4 is 10.2 Å². The summed E-state index contributed by atoms with van der Waals surface area (Å²) in [5.74, 6) is 0.201. The van der Waals surface area contributed by atoms with Crippen LogP contribution in [0.15, 0.2) is 24.3 Å². The van der Waals surface area contributed by atoms with Gasteiger partial charge in [0.25, 0.3) is 0 Å². The van der Waals surface area contributed by atoms with Gasteiger partial charge in [-0.15, -0.1) is 0 Å². The Balaban J connectivity index is 1.54. The molecule has 2 saturated heterocycles. The topological polar surface area (TPSA) is 55.9 Å². The minimum atomic E-state index is -0.0282. The van der Waals surface area contributed by atoms with E-state index in [1.807, 2.05) is 34.1 Å². The molecule has 0 unspecified atom stereocenters. The molecule has 2 aliphatic heterocycles. The highest BCUT2D eigenvalue weighted by Gasteiger charge is 2.35. The molecule has 0 aromatic heterocycles. The molecule has 1 amide bonds. The lowest BCUT2D eigenvalue weighted by atomic mass is 9.93. The van der Waals surface area contributed by atoms with Crippen LogP contribution in [0.5, 0.6) is 0 Å². The van der Waals surface area contributed by atoms with E-state index >= 15 is 0 Å². The van der Waals surface area contributed by atoms with E-state index in [1.165, 1.54) is 0 Å². The second-order valence-electron chi connectivity index (χ2n) is 8.47. The maximum atomic E-state index is 12.8. The molecule has 0 saturated carbocycles. The Labute approximate surface area is 172 Å². The molecule has 1 aromatic carbocycles. The normalized spacial score (nSPS) is 22.1. The zero-order valence-corrected chi connectivity index (χ0v) is 18.0. The molecule has 0 aliphatic carbocycles. The molecule has 0 bridgehead atoms. The molecule has 3 rings (SSSR count). The molecule has 2 heterocycles. The van der Waals surface area contributed by atoms with Crippen LogP contribution >= 0.6 is 12.2 Å². The van der Waals surface area contributed by atoms with Crippen LogP contribution in [0.3, 0.4) is 0 Å². The van der Waals surface area contributed by atoms with Crippen LogP contribution in [-0.4, -0.2) is 70.9 Å². The van der Waals surface area contributed by atoms with Crippen LogP contribution in [0, 0.1) is 0 Å². The van der Waals surface area contributed by atoms with Gasteiger partial charge < -0.3 is 20.0 Å². The number of hydrogen-bond acceptors (Lipinski definition) is 4. The summed E-state index contributed by atoms with van der Waals surface area (Å²) in [5.41, 5.74) is 1.79. The highest BCUT2D eigenvalue weighted by atomic mass is 32.1. The molecule has 0 radical (unpaired) electrons. The highest BCUT2D eigenvalue weighted by Crippen LogP contribution is 2.22. The molecule has 1 N–H and O–H groups in total. The summed E-state index contributed by atoms with van der Waals surface area (Å²) in [5, 5.41) is 4.01. The standard InChI is InChI=1S/C21H30N4O2S/c1-15-13-21(3,4)22-20(28)25(15)14-19(27)24-11-9-23(10-12-24)18-7-5-17(6-8-18)16(2)26/h5-8,15H,9-14H2,1-4H3,(H,22,28)/t15-/m1/s1. The quantitative estimate of drug-likeness (QED) is 0.616. The van der Waals surface area contributed by atoms with Crippen LogP contribution in [0.1, 0.15) is 44.5 Å². The van der Waals surface area contributed by atoms with E-state index in [-0.39, 0.29) is 23.3 Å². The van der Waals surface area contributed by atoms with Crippen molar-refractivity contribution in [1.29, 1.82) is 0 Å². The van der Waals surface area contributed by atoms with Crippen molar-refractivity contribution in [3.05, 3.63) is 29.8 Å². The van der Waals surface area contributed by atoms with Crippen molar-refractivity contribution >= 4 is 34.7 Å². The third kappa shape index (κ3) is 4.63. The van der Waals surface area contributed by atoms with Gasteiger partial charge in [0.05, 0.1) is 6.54 Å². The minimum Gasteiger partial charge on any atom is -0.368 e. The predicted octanol–water partition coefficient (Wildman–Crippen LogP) is 2.29. The number of thiocarbonyl (C=S) groups is 1. The number of nitrogens with one attached hydrogen (secondary N) is 1. The van der Waals surface area contributed by atoms with E-state index in [2.05, 4.69) is 31.0 Å². The molecule has 28 heavy (non-hydrogen) atoms. The number of rotatable bonds is 4. The van der Waals surface area contributed by atoms with Crippen molar-refractivity contribution in [2.45, 2.75) is 45.7 Å². The first-order chi connectivity index (χ1) is 13.2. The number of amides is 1. The van der Waals surface area contributed by atoms with Gasteiger partial charge in [0.1, 0.15) is 0 Å². The Hall–Kier alpha value is -2.15. The number of anilines is 1. The largest absolute Gasteiger partial charge is 0.368 e. The van der Waals surface area contributed by atoms with Gasteiger partial charge in [-0.25, -0.2) is 0 Å². The summed E-state index contributed by atoms with van der Waals surface area (Å²) in [6.07, 6.45) is 0.949. The van der Waals surface area contributed by atoms with E-state index in [9.17, 15) is 9.59 Å². The van der Waals surface area contributed by atoms with Crippen LogP contribution in [0.25, 0.3) is 0 Å². The second-order valence-corrected chi connectivity index (χ2v) is 8.85. The van der Waals surface area contributed by atoms with E-state index < -0.39 is 0 Å². The van der Waals surface area contributed by atoms with Crippen molar-refractivity contribution < 1.29 is 9.59 Å².